The zero-order valence-corrected chi connectivity index (χ0v) is 20.7. The van der Waals surface area contributed by atoms with Crippen molar-refractivity contribution in [1.29, 1.82) is 0 Å². The van der Waals surface area contributed by atoms with Crippen LogP contribution in [0.5, 0.6) is 0 Å². The minimum Gasteiger partial charge on any atom is -0.370 e. The molecule has 0 spiro atoms. The van der Waals surface area contributed by atoms with E-state index in [0.717, 1.165) is 70.1 Å². The van der Waals surface area contributed by atoms with Crippen LogP contribution < -0.4 is 10.2 Å². The van der Waals surface area contributed by atoms with Crippen molar-refractivity contribution in [2.75, 3.05) is 31.1 Å². The Hall–Kier alpha value is -2.38. The molecule has 34 heavy (non-hydrogen) atoms. The lowest BCUT2D eigenvalue weighted by molar-refractivity contribution is 0.0932. The van der Waals surface area contributed by atoms with Crippen molar-refractivity contribution in [2.24, 2.45) is 0 Å². The number of benzene rings is 2. The van der Waals surface area contributed by atoms with Crippen LogP contribution in [-0.2, 0) is 16.4 Å². The summed E-state index contributed by atoms with van der Waals surface area (Å²) in [4.78, 5) is 15.8. The first-order chi connectivity index (χ1) is 16.5. The number of carbonyl (C=O) groups excluding carboxylic acids is 1. The Morgan fingerprint density at radius 2 is 1.56 bits per heavy atom. The molecule has 0 bridgehead atoms. The van der Waals surface area contributed by atoms with Crippen LogP contribution >= 0.6 is 0 Å². The first-order valence-corrected chi connectivity index (χ1v) is 14.3. The van der Waals surface area contributed by atoms with Gasteiger partial charge in [0.2, 0.25) is 10.0 Å². The second-order valence-electron chi connectivity index (χ2n) is 9.81. The predicted molar refractivity (Wildman–Crippen MR) is 135 cm³/mol. The third kappa shape index (κ3) is 4.73. The van der Waals surface area contributed by atoms with Gasteiger partial charge in [0.05, 0.1) is 11.7 Å². The highest BCUT2D eigenvalue weighted by Gasteiger charge is 2.31. The third-order valence-electron chi connectivity index (χ3n) is 7.53. The van der Waals surface area contributed by atoms with Gasteiger partial charge in [-0.15, -0.1) is 0 Å². The lowest BCUT2D eigenvalue weighted by atomic mass is 9.87. The first kappa shape index (κ1) is 23.4. The Bertz CT molecular complexity index is 1140. The fourth-order valence-corrected chi connectivity index (χ4v) is 7.40. The van der Waals surface area contributed by atoms with Gasteiger partial charge in [0.25, 0.3) is 5.91 Å². The molecule has 2 aliphatic heterocycles. The van der Waals surface area contributed by atoms with Crippen LogP contribution in [0.1, 0.15) is 78.9 Å². The zero-order chi connectivity index (χ0) is 23.5. The molecule has 0 saturated carbocycles. The molecule has 0 aromatic heterocycles. The van der Waals surface area contributed by atoms with Crippen molar-refractivity contribution in [1.82, 2.24) is 9.62 Å². The van der Waals surface area contributed by atoms with Gasteiger partial charge in [0.1, 0.15) is 4.90 Å². The summed E-state index contributed by atoms with van der Waals surface area (Å²) in [7, 11) is -3.67. The van der Waals surface area contributed by atoms with Gasteiger partial charge in [0, 0.05) is 31.7 Å². The van der Waals surface area contributed by atoms with Gasteiger partial charge in [0.15, 0.2) is 0 Å². The summed E-state index contributed by atoms with van der Waals surface area (Å²) in [6.07, 6.45) is 9.10. The lowest BCUT2D eigenvalue weighted by Crippen LogP contribution is -2.38. The number of piperidine rings is 2. The van der Waals surface area contributed by atoms with E-state index in [4.69, 9.17) is 0 Å². The third-order valence-corrected chi connectivity index (χ3v) is 9.45. The van der Waals surface area contributed by atoms with Crippen molar-refractivity contribution < 1.29 is 13.2 Å². The zero-order valence-electron chi connectivity index (χ0n) is 19.8. The molecule has 1 atom stereocenters. The smallest absolute Gasteiger partial charge is 0.251 e. The quantitative estimate of drug-likeness (QED) is 0.674. The molecule has 2 fully saturated rings. The summed E-state index contributed by atoms with van der Waals surface area (Å²) in [5, 5.41) is 3.19. The Kier molecular flexibility index (Phi) is 6.93. The minimum atomic E-state index is -3.67. The molecule has 182 valence electrons. The maximum Gasteiger partial charge on any atom is 0.251 e. The largest absolute Gasteiger partial charge is 0.370 e. The number of nitrogens with one attached hydrogen (secondary N) is 1. The van der Waals surface area contributed by atoms with Crippen molar-refractivity contribution in [3.63, 3.8) is 0 Å². The van der Waals surface area contributed by atoms with E-state index in [1.54, 1.807) is 16.4 Å². The van der Waals surface area contributed by atoms with Crippen LogP contribution in [0.4, 0.5) is 5.69 Å². The average molecular weight is 482 g/mol. The van der Waals surface area contributed by atoms with Crippen molar-refractivity contribution in [3.05, 3.63) is 59.2 Å². The summed E-state index contributed by atoms with van der Waals surface area (Å²) >= 11 is 0. The van der Waals surface area contributed by atoms with E-state index in [-0.39, 0.29) is 16.8 Å². The fraction of sp³-hybridized carbons (Fsp3) is 0.519. The molecule has 3 aliphatic rings. The number of nitrogens with zero attached hydrogens (tertiary/aromatic N) is 2. The van der Waals surface area contributed by atoms with E-state index < -0.39 is 10.0 Å². The second-order valence-corrected chi connectivity index (χ2v) is 11.7. The summed E-state index contributed by atoms with van der Waals surface area (Å²) in [6.45, 7) is 2.81. The van der Waals surface area contributed by atoms with Gasteiger partial charge in [-0.2, -0.15) is 4.31 Å². The topological polar surface area (TPSA) is 69.7 Å². The molecule has 2 heterocycles. The van der Waals surface area contributed by atoms with Gasteiger partial charge >= 0.3 is 0 Å². The first-order valence-electron chi connectivity index (χ1n) is 12.8. The molecule has 1 amide bonds. The number of rotatable bonds is 5. The number of carbonyl (C=O) groups is 1. The van der Waals surface area contributed by atoms with Gasteiger partial charge in [-0.1, -0.05) is 30.7 Å². The molecule has 1 N–H and O–H groups in total. The summed E-state index contributed by atoms with van der Waals surface area (Å²) in [5.74, 6) is -0.206. The van der Waals surface area contributed by atoms with Crippen LogP contribution in [0.25, 0.3) is 0 Å². The van der Waals surface area contributed by atoms with Crippen LogP contribution in [0, 0.1) is 0 Å². The second kappa shape index (κ2) is 10.1. The van der Waals surface area contributed by atoms with Crippen molar-refractivity contribution in [2.45, 2.75) is 68.7 Å². The van der Waals surface area contributed by atoms with Crippen LogP contribution in [0.15, 0.2) is 47.4 Å². The summed E-state index contributed by atoms with van der Waals surface area (Å²) in [6, 6.07) is 13.5. The van der Waals surface area contributed by atoms with E-state index >= 15 is 0 Å². The molecule has 1 aliphatic carbocycles. The molecule has 0 radical (unpaired) electrons. The molecule has 7 heteroatoms. The number of sulfonamides is 1. The maximum atomic E-state index is 13.7. The summed E-state index contributed by atoms with van der Waals surface area (Å²) in [5.41, 5.74) is 3.62. The molecule has 2 aromatic carbocycles. The van der Waals surface area contributed by atoms with Gasteiger partial charge in [-0.05, 0) is 80.7 Å². The van der Waals surface area contributed by atoms with Crippen molar-refractivity contribution in [3.8, 4) is 0 Å². The lowest BCUT2D eigenvalue weighted by Gasteiger charge is -2.33. The molecule has 2 aromatic rings. The SMILES string of the molecule is O=C(N[C@H]1CCCc2ccccc21)c1ccc(N2CCCCC2)c(S(=O)(=O)N2CCCCC2)c1. The number of hydrogen-bond acceptors (Lipinski definition) is 4. The van der Waals surface area contributed by atoms with E-state index in [9.17, 15) is 13.2 Å². The Morgan fingerprint density at radius 1 is 0.853 bits per heavy atom. The van der Waals surface area contributed by atoms with Gasteiger partial charge < -0.3 is 10.2 Å². The van der Waals surface area contributed by atoms with E-state index in [0.29, 0.717) is 18.7 Å². The number of aryl methyl sites for hydroxylation is 1. The van der Waals surface area contributed by atoms with Gasteiger partial charge in [-0.25, -0.2) is 8.42 Å². The highest BCUT2D eigenvalue weighted by molar-refractivity contribution is 7.89. The Morgan fingerprint density at radius 3 is 2.32 bits per heavy atom. The number of fused-ring (bicyclic) bond motifs is 1. The van der Waals surface area contributed by atoms with E-state index in [1.165, 1.54) is 17.5 Å². The molecular weight excluding hydrogens is 446 g/mol. The van der Waals surface area contributed by atoms with Crippen LogP contribution in [0.3, 0.4) is 0 Å². The Balaban J connectivity index is 1.46. The molecular formula is C27H35N3O3S. The monoisotopic (exact) mass is 481 g/mol. The normalized spacial score (nSPS) is 21.6. The standard InChI is InChI=1S/C27H35N3O3S/c31-27(28-24-13-9-11-21-10-3-4-12-23(21)24)22-14-15-25(29-16-5-1-6-17-29)26(20-22)34(32,33)30-18-7-2-8-19-30/h3-4,10,12,14-15,20,24H,1-2,5-9,11,13,16-19H2,(H,28,31)/t24-/m0/s1. The number of amides is 1. The average Bonchev–Trinajstić information content (AvgIpc) is 2.89. The highest BCUT2D eigenvalue weighted by atomic mass is 32.2. The summed E-state index contributed by atoms with van der Waals surface area (Å²) < 4.78 is 29.1. The maximum absolute atomic E-state index is 13.7. The van der Waals surface area contributed by atoms with Crippen LogP contribution in [-0.4, -0.2) is 44.8 Å². The molecule has 6 nitrogen and oxygen atoms in total. The minimum absolute atomic E-state index is 0.0404. The number of hydrogen-bond donors (Lipinski definition) is 1. The van der Waals surface area contributed by atoms with E-state index in [1.807, 2.05) is 18.2 Å². The number of anilines is 1. The van der Waals surface area contributed by atoms with E-state index in [2.05, 4.69) is 22.3 Å². The van der Waals surface area contributed by atoms with Crippen molar-refractivity contribution >= 4 is 21.6 Å². The Labute approximate surface area is 203 Å². The molecule has 2 saturated heterocycles. The predicted octanol–water partition coefficient (Wildman–Crippen LogP) is 4.66. The highest BCUT2D eigenvalue weighted by Crippen LogP contribution is 2.33. The van der Waals surface area contributed by atoms with Gasteiger partial charge in [-0.3, -0.25) is 4.79 Å². The molecule has 0 unspecified atom stereocenters. The fourth-order valence-electron chi connectivity index (χ4n) is 5.65. The van der Waals surface area contributed by atoms with Crippen LogP contribution in [0.2, 0.25) is 0 Å². The molecule has 5 rings (SSSR count).